The van der Waals surface area contributed by atoms with Crippen LogP contribution in [0.4, 0.5) is 0 Å². The maximum atomic E-state index is 11.3. The van der Waals surface area contributed by atoms with Crippen LogP contribution in [-0.4, -0.2) is 33.3 Å². The lowest BCUT2D eigenvalue weighted by molar-refractivity contribution is 0.0600. The molecule has 0 radical (unpaired) electrons. The first-order valence-corrected chi connectivity index (χ1v) is 5.57. The molecule has 1 aromatic carbocycles. The number of hydrogen-bond donors (Lipinski definition) is 0. The fourth-order valence-corrected chi connectivity index (χ4v) is 1.85. The van der Waals surface area contributed by atoms with Gasteiger partial charge >= 0.3 is 5.97 Å². The molecule has 0 spiro atoms. The highest BCUT2D eigenvalue weighted by Crippen LogP contribution is 2.19. The third-order valence-electron chi connectivity index (χ3n) is 2.20. The van der Waals surface area contributed by atoms with Crippen LogP contribution in [0.2, 0.25) is 0 Å². The van der Waals surface area contributed by atoms with Gasteiger partial charge < -0.3 is 4.74 Å². The van der Waals surface area contributed by atoms with Crippen molar-refractivity contribution in [1.29, 1.82) is 0 Å². The molecule has 0 aliphatic carbocycles. The minimum absolute atomic E-state index is 0.361. The lowest BCUT2D eigenvalue weighted by Crippen LogP contribution is -2.04. The molecule has 0 saturated heterocycles. The summed E-state index contributed by atoms with van der Waals surface area (Å²) in [6.07, 6.45) is 1.53. The van der Waals surface area contributed by atoms with Crippen LogP contribution in [0.15, 0.2) is 29.0 Å². The molecule has 0 bridgehead atoms. The Morgan fingerprint density at radius 1 is 1.53 bits per heavy atom. The molecule has 0 unspecified atom stereocenters. The van der Waals surface area contributed by atoms with Crippen LogP contribution in [0.25, 0.3) is 0 Å². The van der Waals surface area contributed by atoms with E-state index in [0.29, 0.717) is 12.1 Å². The summed E-state index contributed by atoms with van der Waals surface area (Å²) in [4.78, 5) is 11.3. The monoisotopic (exact) mass is 296 g/mol. The Bertz CT molecular complexity index is 527. The molecule has 0 saturated carbocycles. The Morgan fingerprint density at radius 3 is 2.94 bits per heavy atom. The number of aromatic nitrogens is 4. The van der Waals surface area contributed by atoms with Gasteiger partial charge in [0, 0.05) is 4.47 Å². The summed E-state index contributed by atoms with van der Waals surface area (Å²) >= 11 is 3.40. The highest BCUT2D eigenvalue weighted by Gasteiger charge is 2.08. The van der Waals surface area contributed by atoms with E-state index in [9.17, 15) is 4.79 Å². The van der Waals surface area contributed by atoms with Crippen LogP contribution in [0.3, 0.4) is 0 Å². The van der Waals surface area contributed by atoms with Crippen molar-refractivity contribution in [3.8, 4) is 0 Å². The van der Waals surface area contributed by atoms with Crippen LogP contribution >= 0.6 is 15.9 Å². The van der Waals surface area contributed by atoms with E-state index in [-0.39, 0.29) is 5.97 Å². The predicted molar refractivity (Wildman–Crippen MR) is 62.4 cm³/mol. The van der Waals surface area contributed by atoms with E-state index in [0.717, 1.165) is 10.0 Å². The summed E-state index contributed by atoms with van der Waals surface area (Å²) in [5.41, 5.74) is 1.48. The molecule has 0 atom stereocenters. The first-order valence-electron chi connectivity index (χ1n) is 4.78. The molecule has 1 heterocycles. The number of benzene rings is 1. The number of carbonyl (C=O) groups excluding carboxylic acids is 1. The van der Waals surface area contributed by atoms with Crippen molar-refractivity contribution in [2.45, 2.75) is 6.54 Å². The first kappa shape index (κ1) is 11.7. The fraction of sp³-hybridized carbons (Fsp3) is 0.200. The average molecular weight is 297 g/mol. The van der Waals surface area contributed by atoms with Gasteiger partial charge in [0.15, 0.2) is 0 Å². The smallest absolute Gasteiger partial charge is 0.337 e. The molecule has 0 fully saturated rings. The van der Waals surface area contributed by atoms with Crippen molar-refractivity contribution in [3.05, 3.63) is 40.1 Å². The molecule has 7 heteroatoms. The van der Waals surface area contributed by atoms with Crippen molar-refractivity contribution in [1.82, 2.24) is 20.2 Å². The lowest BCUT2D eigenvalue weighted by Gasteiger charge is -2.05. The standard InChI is InChI=1S/C10H9BrN4O2/c1-17-10(16)7-2-3-8(9(11)4-7)5-15-6-12-13-14-15/h2-4,6H,5H2,1H3. The zero-order chi connectivity index (χ0) is 12.3. The lowest BCUT2D eigenvalue weighted by atomic mass is 10.1. The van der Waals surface area contributed by atoms with Crippen molar-refractivity contribution >= 4 is 21.9 Å². The average Bonchev–Trinajstić information content (AvgIpc) is 2.83. The quantitative estimate of drug-likeness (QED) is 0.798. The number of rotatable bonds is 3. The van der Waals surface area contributed by atoms with E-state index >= 15 is 0 Å². The SMILES string of the molecule is COC(=O)c1ccc(Cn2cnnn2)c(Br)c1. The normalized spacial score (nSPS) is 10.2. The molecule has 2 aromatic rings. The van der Waals surface area contributed by atoms with E-state index in [1.807, 2.05) is 6.07 Å². The first-order chi connectivity index (χ1) is 8.20. The van der Waals surface area contributed by atoms with Gasteiger partial charge in [-0.1, -0.05) is 22.0 Å². The van der Waals surface area contributed by atoms with Gasteiger partial charge in [-0.15, -0.1) is 5.10 Å². The van der Waals surface area contributed by atoms with Gasteiger partial charge in [-0.05, 0) is 28.1 Å². The van der Waals surface area contributed by atoms with E-state index in [4.69, 9.17) is 0 Å². The van der Waals surface area contributed by atoms with Crippen molar-refractivity contribution in [2.24, 2.45) is 0 Å². The summed E-state index contributed by atoms with van der Waals surface area (Å²) in [5.74, 6) is -0.361. The molecule has 6 nitrogen and oxygen atoms in total. The fourth-order valence-electron chi connectivity index (χ4n) is 1.35. The number of ether oxygens (including phenoxy) is 1. The highest BCUT2D eigenvalue weighted by molar-refractivity contribution is 9.10. The summed E-state index contributed by atoms with van der Waals surface area (Å²) in [6.45, 7) is 0.537. The number of tetrazole rings is 1. The number of halogens is 1. The highest BCUT2D eigenvalue weighted by atomic mass is 79.9. The van der Waals surface area contributed by atoms with Crippen LogP contribution in [0.5, 0.6) is 0 Å². The minimum atomic E-state index is -0.361. The Labute approximate surface area is 106 Å². The molecule has 17 heavy (non-hydrogen) atoms. The molecule has 88 valence electrons. The summed E-state index contributed by atoms with van der Waals surface area (Å²) in [7, 11) is 1.35. The van der Waals surface area contributed by atoms with Gasteiger partial charge in [-0.25, -0.2) is 9.48 Å². The zero-order valence-electron chi connectivity index (χ0n) is 9.00. The topological polar surface area (TPSA) is 69.9 Å². The largest absolute Gasteiger partial charge is 0.465 e. The number of nitrogens with zero attached hydrogens (tertiary/aromatic N) is 4. The van der Waals surface area contributed by atoms with Gasteiger partial charge in [-0.3, -0.25) is 0 Å². The molecule has 0 aliphatic heterocycles. The number of hydrogen-bond acceptors (Lipinski definition) is 5. The number of esters is 1. The third kappa shape index (κ3) is 2.68. The van der Waals surface area contributed by atoms with Crippen molar-refractivity contribution in [3.63, 3.8) is 0 Å². The third-order valence-corrected chi connectivity index (χ3v) is 2.94. The molecule has 0 N–H and O–H groups in total. The van der Waals surface area contributed by atoms with E-state index in [1.165, 1.54) is 13.4 Å². The van der Waals surface area contributed by atoms with Crippen LogP contribution < -0.4 is 0 Å². The maximum absolute atomic E-state index is 11.3. The Morgan fingerprint density at radius 2 is 2.35 bits per heavy atom. The number of carbonyl (C=O) groups is 1. The molecule has 2 rings (SSSR count). The Kier molecular flexibility index (Phi) is 3.48. The van der Waals surface area contributed by atoms with E-state index in [1.54, 1.807) is 16.8 Å². The maximum Gasteiger partial charge on any atom is 0.337 e. The Balaban J connectivity index is 2.23. The van der Waals surface area contributed by atoms with Crippen LogP contribution in [0, 0.1) is 0 Å². The molecular formula is C10H9BrN4O2. The summed E-state index contributed by atoms with van der Waals surface area (Å²) in [5, 5.41) is 10.9. The summed E-state index contributed by atoms with van der Waals surface area (Å²) in [6, 6.07) is 5.25. The van der Waals surface area contributed by atoms with Crippen LogP contribution in [0.1, 0.15) is 15.9 Å². The molecule has 0 aliphatic rings. The zero-order valence-corrected chi connectivity index (χ0v) is 10.6. The van der Waals surface area contributed by atoms with E-state index in [2.05, 4.69) is 36.2 Å². The molecular weight excluding hydrogens is 288 g/mol. The molecule has 1 aromatic heterocycles. The van der Waals surface area contributed by atoms with Gasteiger partial charge in [0.25, 0.3) is 0 Å². The second-order valence-electron chi connectivity index (χ2n) is 3.31. The van der Waals surface area contributed by atoms with Gasteiger partial charge in [0.2, 0.25) is 0 Å². The summed E-state index contributed by atoms with van der Waals surface area (Å²) < 4.78 is 7.05. The van der Waals surface area contributed by atoms with Gasteiger partial charge in [0.1, 0.15) is 6.33 Å². The second kappa shape index (κ2) is 5.05. The van der Waals surface area contributed by atoms with Crippen molar-refractivity contribution in [2.75, 3.05) is 7.11 Å². The second-order valence-corrected chi connectivity index (χ2v) is 4.16. The van der Waals surface area contributed by atoms with E-state index < -0.39 is 0 Å². The molecule has 0 amide bonds. The van der Waals surface area contributed by atoms with Crippen LogP contribution in [-0.2, 0) is 11.3 Å². The number of methoxy groups -OCH3 is 1. The predicted octanol–water partition coefficient (Wildman–Crippen LogP) is 1.27. The van der Waals surface area contributed by atoms with Crippen molar-refractivity contribution < 1.29 is 9.53 Å². The van der Waals surface area contributed by atoms with Gasteiger partial charge in [0.05, 0.1) is 19.2 Å². The Hall–Kier alpha value is -1.76. The minimum Gasteiger partial charge on any atom is -0.465 e. The van der Waals surface area contributed by atoms with Gasteiger partial charge in [-0.2, -0.15) is 0 Å².